The number of nitrogens with zero attached hydrogens (tertiary/aromatic N) is 1. The maximum absolute atomic E-state index is 10.2. The van der Waals surface area contributed by atoms with Crippen molar-refractivity contribution >= 4 is 13.8 Å². The molecular weight excluding hydrogens is 113 g/mol. The Labute approximate surface area is 42.1 Å². The molecule has 0 saturated carbocycles. The fraction of sp³-hybridized carbons (Fsp3) is 0.500. The van der Waals surface area contributed by atoms with E-state index in [1.54, 1.807) is 6.92 Å². The van der Waals surface area contributed by atoms with Gasteiger partial charge in [0.15, 0.2) is 0 Å². The van der Waals surface area contributed by atoms with Gasteiger partial charge < -0.3 is 0 Å². The van der Waals surface area contributed by atoms with Gasteiger partial charge in [-0.25, -0.2) is 4.76 Å². The van der Waals surface area contributed by atoms with Crippen LogP contribution in [0.1, 0.15) is 6.92 Å². The Balaban J connectivity index is 3.82. The van der Waals surface area contributed by atoms with E-state index in [0.29, 0.717) is 0 Å². The van der Waals surface area contributed by atoms with E-state index in [1.165, 1.54) is 6.21 Å². The molecule has 0 saturated heterocycles. The van der Waals surface area contributed by atoms with Gasteiger partial charge in [0.25, 0.3) is 0 Å². The van der Waals surface area contributed by atoms with Gasteiger partial charge in [0.2, 0.25) is 0 Å². The molecule has 5 heteroatoms. The largest absolute Gasteiger partial charge is 0.318 e. The predicted molar refractivity (Wildman–Crippen MR) is 30.1 cm³/mol. The topological polar surface area (TPSA) is 81.5 Å². The van der Waals surface area contributed by atoms with Gasteiger partial charge in [0.05, 0.1) is 0 Å². The fourth-order valence-corrected chi connectivity index (χ4v) is 0.541. The van der Waals surface area contributed by atoms with E-state index in [0.717, 1.165) is 0 Å². The summed E-state index contributed by atoms with van der Waals surface area (Å²) in [5.41, 5.74) is 9.56. The Bertz CT molecular complexity index is 114. The van der Waals surface area contributed by atoms with Crippen LogP contribution in [0, 0.1) is 0 Å². The van der Waals surface area contributed by atoms with E-state index >= 15 is 0 Å². The van der Waals surface area contributed by atoms with Crippen molar-refractivity contribution in [3.8, 4) is 0 Å². The van der Waals surface area contributed by atoms with Gasteiger partial charge >= 0.3 is 7.59 Å². The zero-order valence-corrected chi connectivity index (χ0v) is 4.93. The summed E-state index contributed by atoms with van der Waals surface area (Å²) >= 11 is 0. The highest BCUT2D eigenvalue weighted by Gasteiger charge is 1.98. The molecule has 0 atom stereocenters. The molecule has 0 radical (unpaired) electrons. The lowest BCUT2D eigenvalue weighted by Gasteiger charge is -1.92. The van der Waals surface area contributed by atoms with Crippen LogP contribution in [0.25, 0.3) is 0 Å². The molecule has 4 nitrogen and oxygen atoms in total. The number of hydrogen-bond acceptors (Lipinski definition) is 1. The summed E-state index contributed by atoms with van der Waals surface area (Å²) in [4.78, 5) is 0. The molecule has 0 amide bonds. The minimum atomic E-state index is -3.10. The van der Waals surface area contributed by atoms with E-state index in [2.05, 4.69) is 4.76 Å². The first-order valence-corrected chi connectivity index (χ1v) is 3.53. The maximum atomic E-state index is 10.2. The lowest BCUT2D eigenvalue weighted by atomic mass is 10.9. The summed E-state index contributed by atoms with van der Waals surface area (Å²) in [5, 5.41) is 0. The van der Waals surface area contributed by atoms with Crippen LogP contribution in [0.4, 0.5) is 0 Å². The summed E-state index contributed by atoms with van der Waals surface area (Å²) in [6, 6.07) is 0. The van der Waals surface area contributed by atoms with E-state index in [9.17, 15) is 4.57 Å². The van der Waals surface area contributed by atoms with E-state index in [-0.39, 0.29) is 0 Å². The summed E-state index contributed by atoms with van der Waals surface area (Å²) in [6.45, 7) is 1.60. The monoisotopic (exact) mass is 121 g/mol. The highest BCUT2D eigenvalue weighted by Crippen LogP contribution is 2.24. The molecule has 0 unspecified atom stereocenters. The molecule has 0 heterocycles. The Kier molecular flexibility index (Phi) is 2.15. The van der Waals surface area contributed by atoms with Gasteiger partial charge in [-0.2, -0.15) is 0 Å². The van der Waals surface area contributed by atoms with Crippen LogP contribution in [-0.4, -0.2) is 6.21 Å². The normalized spacial score (nSPS) is 13.0. The third kappa shape index (κ3) is 5.82. The smallest absolute Gasteiger partial charge is 0.263 e. The molecular formula is C2H8N3OP. The third-order valence-electron chi connectivity index (χ3n) is 0.296. The molecule has 0 aliphatic heterocycles. The second-order valence-corrected chi connectivity index (χ2v) is 2.62. The molecule has 7 heavy (non-hydrogen) atoms. The minimum Gasteiger partial charge on any atom is -0.263 e. The first-order valence-electron chi connectivity index (χ1n) is 1.73. The molecule has 0 spiro atoms. The van der Waals surface area contributed by atoms with Crippen LogP contribution >= 0.6 is 7.59 Å². The SMILES string of the molecule is CC=NP(N)(N)=O. The number of rotatable bonds is 1. The highest BCUT2D eigenvalue weighted by atomic mass is 31.2. The van der Waals surface area contributed by atoms with Gasteiger partial charge in [-0.1, -0.05) is 0 Å². The first kappa shape index (κ1) is 6.82. The van der Waals surface area contributed by atoms with Gasteiger partial charge in [-0.05, 0) is 6.92 Å². The number of nitrogens with two attached hydrogens (primary N) is 2. The molecule has 4 N–H and O–H groups in total. The van der Waals surface area contributed by atoms with Crippen molar-refractivity contribution in [1.82, 2.24) is 0 Å². The molecule has 42 valence electrons. The van der Waals surface area contributed by atoms with Crippen LogP contribution in [0.3, 0.4) is 0 Å². The standard InChI is InChI=1S/C2H8N3OP/c1-2-5-7(3,4)6/h2H,1H3,(H4,3,4,6). The van der Waals surface area contributed by atoms with Crippen molar-refractivity contribution in [3.05, 3.63) is 0 Å². The molecule has 0 aromatic rings. The van der Waals surface area contributed by atoms with E-state index < -0.39 is 7.59 Å². The summed E-state index contributed by atoms with van der Waals surface area (Å²) in [7, 11) is -3.10. The van der Waals surface area contributed by atoms with Crippen molar-refractivity contribution in [1.29, 1.82) is 0 Å². The van der Waals surface area contributed by atoms with Gasteiger partial charge in [0.1, 0.15) is 0 Å². The van der Waals surface area contributed by atoms with Gasteiger partial charge in [0, 0.05) is 6.21 Å². The quantitative estimate of drug-likeness (QED) is 0.381. The van der Waals surface area contributed by atoms with Crippen LogP contribution in [0.5, 0.6) is 0 Å². The molecule has 0 aromatic carbocycles. The lowest BCUT2D eigenvalue weighted by Crippen LogP contribution is -2.00. The van der Waals surface area contributed by atoms with Crippen LogP contribution < -0.4 is 11.0 Å². The van der Waals surface area contributed by atoms with Crippen molar-refractivity contribution in [2.24, 2.45) is 15.8 Å². The minimum absolute atomic E-state index is 1.32. The Hall–Kier alpha value is -0.180. The molecule has 0 rings (SSSR count). The molecule has 0 fully saturated rings. The summed E-state index contributed by atoms with van der Waals surface area (Å²) < 4.78 is 13.4. The van der Waals surface area contributed by atoms with E-state index in [1.807, 2.05) is 0 Å². The zero-order chi connectivity index (χ0) is 5.91. The first-order chi connectivity index (χ1) is 3.06. The summed E-state index contributed by atoms with van der Waals surface area (Å²) in [5.74, 6) is 0. The molecule has 0 aliphatic rings. The zero-order valence-electron chi connectivity index (χ0n) is 4.03. The third-order valence-corrected chi connectivity index (χ3v) is 0.888. The Morgan fingerprint density at radius 3 is 2.14 bits per heavy atom. The van der Waals surface area contributed by atoms with Crippen LogP contribution in [0.2, 0.25) is 0 Å². The Morgan fingerprint density at radius 1 is 1.71 bits per heavy atom. The lowest BCUT2D eigenvalue weighted by molar-refractivity contribution is 0.578. The summed E-state index contributed by atoms with van der Waals surface area (Å²) in [6.07, 6.45) is 1.32. The predicted octanol–water partition coefficient (Wildman–Crippen LogP) is 0.103. The second kappa shape index (κ2) is 2.21. The van der Waals surface area contributed by atoms with Crippen LogP contribution in [-0.2, 0) is 4.57 Å². The highest BCUT2D eigenvalue weighted by molar-refractivity contribution is 7.57. The van der Waals surface area contributed by atoms with Crippen molar-refractivity contribution in [2.75, 3.05) is 0 Å². The average Bonchev–Trinajstić information content (AvgIpc) is 1.30. The maximum Gasteiger partial charge on any atom is 0.318 e. The molecule has 0 aliphatic carbocycles. The van der Waals surface area contributed by atoms with Gasteiger partial charge in [-0.15, -0.1) is 0 Å². The van der Waals surface area contributed by atoms with E-state index in [4.69, 9.17) is 11.0 Å². The van der Waals surface area contributed by atoms with Gasteiger partial charge in [-0.3, -0.25) is 15.6 Å². The number of hydrogen-bond donors (Lipinski definition) is 2. The van der Waals surface area contributed by atoms with Crippen LogP contribution in [0.15, 0.2) is 4.76 Å². The molecule has 0 aromatic heterocycles. The Morgan fingerprint density at radius 2 is 2.14 bits per heavy atom. The fourth-order valence-electron chi connectivity index (χ4n) is 0.180. The van der Waals surface area contributed by atoms with Crippen molar-refractivity contribution in [3.63, 3.8) is 0 Å². The van der Waals surface area contributed by atoms with Crippen molar-refractivity contribution in [2.45, 2.75) is 6.92 Å². The molecule has 0 bridgehead atoms. The van der Waals surface area contributed by atoms with Crippen molar-refractivity contribution < 1.29 is 4.57 Å². The average molecular weight is 121 g/mol. The second-order valence-electron chi connectivity index (χ2n) is 1.05.